The van der Waals surface area contributed by atoms with Crippen LogP contribution >= 0.6 is 0 Å². The molecule has 17 heavy (non-hydrogen) atoms. The van der Waals surface area contributed by atoms with Crippen LogP contribution in [0.1, 0.15) is 17.3 Å². The molecule has 2 aromatic rings. The highest BCUT2D eigenvalue weighted by Crippen LogP contribution is 2.16. The third-order valence-corrected chi connectivity index (χ3v) is 2.11. The van der Waals surface area contributed by atoms with Crippen LogP contribution in [0.3, 0.4) is 0 Å². The lowest BCUT2D eigenvalue weighted by Crippen LogP contribution is -2.03. The Balaban J connectivity index is 2.12. The second kappa shape index (κ2) is 4.61. The van der Waals surface area contributed by atoms with Crippen LogP contribution in [0.2, 0.25) is 0 Å². The Labute approximate surface area is 96.9 Å². The number of rotatable bonds is 3. The predicted molar refractivity (Wildman–Crippen MR) is 57.5 cm³/mol. The van der Waals surface area contributed by atoms with Gasteiger partial charge in [0, 0.05) is 6.92 Å². The summed E-state index contributed by atoms with van der Waals surface area (Å²) in [6.45, 7) is 2.01. The van der Waals surface area contributed by atoms with Gasteiger partial charge >= 0.3 is 0 Å². The lowest BCUT2D eigenvalue weighted by atomic mass is 10.2. The second-order valence-corrected chi connectivity index (χ2v) is 3.38. The summed E-state index contributed by atoms with van der Waals surface area (Å²) in [5.74, 6) is 0.514. The Bertz CT molecular complexity index is 573. The number of anilines is 1. The van der Waals surface area contributed by atoms with Crippen LogP contribution in [0, 0.1) is 24.1 Å². The van der Waals surface area contributed by atoms with Crippen molar-refractivity contribution in [2.45, 2.75) is 13.5 Å². The fourth-order valence-corrected chi connectivity index (χ4v) is 1.35. The third kappa shape index (κ3) is 2.58. The summed E-state index contributed by atoms with van der Waals surface area (Å²) in [6.07, 6.45) is 0. The van der Waals surface area contributed by atoms with Crippen LogP contribution in [-0.4, -0.2) is 10.1 Å². The minimum Gasteiger partial charge on any atom is -0.377 e. The van der Waals surface area contributed by atoms with Crippen molar-refractivity contribution >= 4 is 5.69 Å². The number of hydrogen-bond donors (Lipinski definition) is 1. The zero-order valence-corrected chi connectivity index (χ0v) is 9.07. The molecule has 1 aromatic heterocycles. The molecule has 0 amide bonds. The summed E-state index contributed by atoms with van der Waals surface area (Å²) in [6, 6.07) is 5.86. The highest BCUT2D eigenvalue weighted by Gasteiger charge is 2.06. The minimum absolute atomic E-state index is 0.241. The highest BCUT2D eigenvalue weighted by atomic mass is 19.1. The topological polar surface area (TPSA) is 74.7 Å². The van der Waals surface area contributed by atoms with Crippen molar-refractivity contribution in [2.75, 3.05) is 5.32 Å². The molecular weight excluding hydrogens is 223 g/mol. The van der Waals surface area contributed by atoms with E-state index in [1.165, 1.54) is 18.2 Å². The Morgan fingerprint density at radius 2 is 2.35 bits per heavy atom. The lowest BCUT2D eigenvalue weighted by molar-refractivity contribution is 0.388. The Kier molecular flexibility index (Phi) is 3.01. The first kappa shape index (κ1) is 11.1. The fourth-order valence-electron chi connectivity index (χ4n) is 1.35. The molecule has 6 heteroatoms. The number of halogens is 1. The van der Waals surface area contributed by atoms with Crippen molar-refractivity contribution < 1.29 is 8.91 Å². The van der Waals surface area contributed by atoms with E-state index in [9.17, 15) is 4.39 Å². The van der Waals surface area contributed by atoms with Crippen LogP contribution in [0.5, 0.6) is 0 Å². The summed E-state index contributed by atoms with van der Waals surface area (Å²) >= 11 is 0. The van der Waals surface area contributed by atoms with Gasteiger partial charge in [-0.3, -0.25) is 0 Å². The molecular formula is C11H9FN4O. The summed E-state index contributed by atoms with van der Waals surface area (Å²) in [4.78, 5) is 4.00. The molecule has 0 saturated heterocycles. The van der Waals surface area contributed by atoms with Crippen molar-refractivity contribution in [3.05, 3.63) is 41.3 Å². The molecule has 86 valence electrons. The molecule has 0 saturated carbocycles. The smallest absolute Gasteiger partial charge is 0.223 e. The summed E-state index contributed by atoms with van der Waals surface area (Å²) < 4.78 is 17.7. The maximum Gasteiger partial charge on any atom is 0.223 e. The number of nitrogens with one attached hydrogen (secondary N) is 1. The van der Waals surface area contributed by atoms with Crippen molar-refractivity contribution in [3.63, 3.8) is 0 Å². The minimum atomic E-state index is -0.442. The van der Waals surface area contributed by atoms with Crippen LogP contribution in [0.15, 0.2) is 22.7 Å². The van der Waals surface area contributed by atoms with Gasteiger partial charge in [0.1, 0.15) is 11.9 Å². The van der Waals surface area contributed by atoms with E-state index in [2.05, 4.69) is 15.5 Å². The van der Waals surface area contributed by atoms with Gasteiger partial charge in [0.2, 0.25) is 5.89 Å². The normalized spacial score (nSPS) is 9.94. The van der Waals surface area contributed by atoms with Gasteiger partial charge in [-0.05, 0) is 18.2 Å². The molecule has 0 spiro atoms. The van der Waals surface area contributed by atoms with E-state index in [0.29, 0.717) is 23.9 Å². The van der Waals surface area contributed by atoms with E-state index in [0.717, 1.165) is 0 Å². The second-order valence-electron chi connectivity index (χ2n) is 3.38. The molecule has 0 aliphatic rings. The zero-order valence-electron chi connectivity index (χ0n) is 9.07. The van der Waals surface area contributed by atoms with Gasteiger partial charge in [0.15, 0.2) is 5.82 Å². The predicted octanol–water partition coefficient (Wildman–Crippen LogP) is 2.00. The van der Waals surface area contributed by atoms with E-state index in [-0.39, 0.29) is 5.56 Å². The molecule has 0 unspecified atom stereocenters. The van der Waals surface area contributed by atoms with Gasteiger partial charge in [-0.2, -0.15) is 10.2 Å². The monoisotopic (exact) mass is 232 g/mol. The number of hydrogen-bond acceptors (Lipinski definition) is 5. The molecule has 1 heterocycles. The fraction of sp³-hybridized carbons (Fsp3) is 0.182. The largest absolute Gasteiger partial charge is 0.377 e. The van der Waals surface area contributed by atoms with E-state index in [1.807, 2.05) is 6.07 Å². The van der Waals surface area contributed by atoms with Gasteiger partial charge in [-0.15, -0.1) is 0 Å². The lowest BCUT2D eigenvalue weighted by Gasteiger charge is -2.05. The Morgan fingerprint density at radius 1 is 1.53 bits per heavy atom. The molecule has 0 bridgehead atoms. The van der Waals surface area contributed by atoms with Gasteiger partial charge < -0.3 is 9.84 Å². The van der Waals surface area contributed by atoms with Crippen molar-refractivity contribution in [1.29, 1.82) is 5.26 Å². The zero-order chi connectivity index (χ0) is 12.3. The molecule has 0 atom stereocenters. The molecule has 1 N–H and O–H groups in total. The number of nitrogens with zero attached hydrogens (tertiary/aromatic N) is 3. The van der Waals surface area contributed by atoms with Gasteiger partial charge in [0.25, 0.3) is 0 Å². The SMILES string of the molecule is Cc1nc(CNc2ccc(F)cc2C#N)no1. The first-order chi connectivity index (χ1) is 8.19. The number of aromatic nitrogens is 2. The van der Waals surface area contributed by atoms with Crippen molar-refractivity contribution in [2.24, 2.45) is 0 Å². The van der Waals surface area contributed by atoms with E-state index >= 15 is 0 Å². The van der Waals surface area contributed by atoms with Crippen LogP contribution in [-0.2, 0) is 6.54 Å². The maximum atomic E-state index is 12.9. The number of nitriles is 1. The van der Waals surface area contributed by atoms with Crippen molar-refractivity contribution in [1.82, 2.24) is 10.1 Å². The standard InChI is InChI=1S/C11H9FN4O/c1-7-15-11(16-17-7)6-14-10-3-2-9(12)4-8(10)5-13/h2-4,14H,6H2,1H3. The summed E-state index contributed by atoms with van der Waals surface area (Å²) in [7, 11) is 0. The molecule has 0 aliphatic heterocycles. The average molecular weight is 232 g/mol. The number of aryl methyl sites for hydroxylation is 1. The summed E-state index contributed by atoms with van der Waals surface area (Å²) in [5.41, 5.74) is 0.779. The molecule has 2 rings (SSSR count). The van der Waals surface area contributed by atoms with Crippen LogP contribution in [0.4, 0.5) is 10.1 Å². The Morgan fingerprint density at radius 3 is 3.00 bits per heavy atom. The van der Waals surface area contributed by atoms with E-state index in [1.54, 1.807) is 6.92 Å². The van der Waals surface area contributed by atoms with Crippen LogP contribution in [0.25, 0.3) is 0 Å². The molecule has 5 nitrogen and oxygen atoms in total. The molecule has 0 fully saturated rings. The highest BCUT2D eigenvalue weighted by molar-refractivity contribution is 5.57. The average Bonchev–Trinajstić information content (AvgIpc) is 2.73. The number of benzene rings is 1. The quantitative estimate of drug-likeness (QED) is 0.875. The third-order valence-electron chi connectivity index (χ3n) is 2.11. The maximum absolute atomic E-state index is 12.9. The van der Waals surface area contributed by atoms with Gasteiger partial charge in [0.05, 0.1) is 17.8 Å². The van der Waals surface area contributed by atoms with Crippen LogP contribution < -0.4 is 5.32 Å². The molecule has 0 radical (unpaired) electrons. The molecule has 0 aliphatic carbocycles. The first-order valence-corrected chi connectivity index (χ1v) is 4.92. The van der Waals surface area contributed by atoms with Gasteiger partial charge in [-0.25, -0.2) is 4.39 Å². The molecule has 1 aromatic carbocycles. The van der Waals surface area contributed by atoms with Crippen molar-refractivity contribution in [3.8, 4) is 6.07 Å². The van der Waals surface area contributed by atoms with Gasteiger partial charge in [-0.1, -0.05) is 5.16 Å². The Hall–Kier alpha value is -2.42. The van der Waals surface area contributed by atoms with E-state index in [4.69, 9.17) is 9.78 Å². The first-order valence-electron chi connectivity index (χ1n) is 4.92. The summed E-state index contributed by atoms with van der Waals surface area (Å²) in [5, 5.41) is 15.5. The van der Waals surface area contributed by atoms with E-state index < -0.39 is 5.82 Å².